The van der Waals surface area contributed by atoms with Gasteiger partial charge in [0.05, 0.1) is 24.6 Å². The molecule has 0 spiro atoms. The summed E-state index contributed by atoms with van der Waals surface area (Å²) in [5.41, 5.74) is 4.15. The van der Waals surface area contributed by atoms with E-state index in [2.05, 4.69) is 15.7 Å². The van der Waals surface area contributed by atoms with Crippen LogP contribution in [0.2, 0.25) is 0 Å². The van der Waals surface area contributed by atoms with Crippen molar-refractivity contribution in [3.8, 4) is 23.0 Å². The van der Waals surface area contributed by atoms with Crippen LogP contribution < -0.4 is 10.6 Å². The second-order valence-electron chi connectivity index (χ2n) is 10.9. The van der Waals surface area contributed by atoms with Crippen LogP contribution in [0.1, 0.15) is 52.2 Å². The first-order valence-electron chi connectivity index (χ1n) is 14.2. The van der Waals surface area contributed by atoms with Gasteiger partial charge in [-0.25, -0.2) is 9.48 Å². The minimum atomic E-state index is -1.63. The summed E-state index contributed by atoms with van der Waals surface area (Å²) in [5, 5.41) is 19.9. The van der Waals surface area contributed by atoms with Gasteiger partial charge < -0.3 is 15.4 Å². The predicted molar refractivity (Wildman–Crippen MR) is 163 cm³/mol. The zero-order chi connectivity index (χ0) is 31.4. The molecule has 2 N–H and O–H groups in total. The van der Waals surface area contributed by atoms with Crippen LogP contribution in [0.4, 0.5) is 5.69 Å². The summed E-state index contributed by atoms with van der Waals surface area (Å²) in [7, 11) is 1.28. The number of fused-ring (bicyclic) bond motifs is 3. The quantitative estimate of drug-likeness (QED) is 0.136. The molecular formula is C34H31N5O5. The second kappa shape index (κ2) is 12.8. The maximum atomic E-state index is 13.8. The molecule has 10 nitrogen and oxygen atoms in total. The van der Waals surface area contributed by atoms with E-state index in [4.69, 9.17) is 4.74 Å². The minimum absolute atomic E-state index is 0.0171. The average Bonchev–Trinajstić information content (AvgIpc) is 3.58. The Hall–Kier alpha value is -5.56. The van der Waals surface area contributed by atoms with E-state index in [-0.39, 0.29) is 11.6 Å². The monoisotopic (exact) mass is 589 g/mol. The second-order valence-corrected chi connectivity index (χ2v) is 10.9. The standard InChI is InChI=1S/C34H31N5O5/c1-20(2)16-28(34(43)44-3)37-32(41)22-15-14-21-17-26-29(31(40)27(19-35)33(42)36-23-10-6-4-7-11-23)38-39(30(26)25(21)18-22)24-12-8-5-9-13-24/h4-15,18,20,27-28H,16-17H2,1-3H3,(H,36,42)(H,37,41)/t27?,28-/m0/s1. The Labute approximate surface area is 254 Å². The lowest BCUT2D eigenvalue weighted by atomic mass is 9.98. The van der Waals surface area contributed by atoms with E-state index in [0.29, 0.717) is 46.6 Å². The third kappa shape index (κ3) is 5.99. The molecule has 0 fully saturated rings. The molecule has 44 heavy (non-hydrogen) atoms. The van der Waals surface area contributed by atoms with Crippen LogP contribution in [-0.2, 0) is 20.7 Å². The highest BCUT2D eigenvalue weighted by Crippen LogP contribution is 2.41. The fourth-order valence-corrected chi connectivity index (χ4v) is 5.31. The molecule has 0 saturated heterocycles. The summed E-state index contributed by atoms with van der Waals surface area (Å²) in [5.74, 6) is -3.91. The van der Waals surface area contributed by atoms with Crippen molar-refractivity contribution < 1.29 is 23.9 Å². The first-order valence-corrected chi connectivity index (χ1v) is 14.2. The van der Waals surface area contributed by atoms with Gasteiger partial charge >= 0.3 is 5.97 Å². The topological polar surface area (TPSA) is 143 Å². The highest BCUT2D eigenvalue weighted by molar-refractivity contribution is 6.16. The van der Waals surface area contributed by atoms with Gasteiger partial charge in [0.2, 0.25) is 11.7 Å². The Bertz CT molecular complexity index is 1770. The normalized spacial score (nSPS) is 12.8. The smallest absolute Gasteiger partial charge is 0.328 e. The first-order chi connectivity index (χ1) is 21.2. The minimum Gasteiger partial charge on any atom is -0.467 e. The van der Waals surface area contributed by atoms with Crippen molar-refractivity contribution in [2.45, 2.75) is 32.7 Å². The van der Waals surface area contributed by atoms with E-state index in [1.165, 1.54) is 7.11 Å². The van der Waals surface area contributed by atoms with Crippen LogP contribution in [0.15, 0.2) is 78.9 Å². The number of nitriles is 1. The van der Waals surface area contributed by atoms with Crippen molar-refractivity contribution in [2.75, 3.05) is 12.4 Å². The predicted octanol–water partition coefficient (Wildman–Crippen LogP) is 4.72. The van der Waals surface area contributed by atoms with Gasteiger partial charge in [-0.1, -0.05) is 56.3 Å². The van der Waals surface area contributed by atoms with Crippen LogP contribution >= 0.6 is 0 Å². The zero-order valence-electron chi connectivity index (χ0n) is 24.5. The number of ether oxygens (including phenoxy) is 1. The summed E-state index contributed by atoms with van der Waals surface area (Å²) in [6.45, 7) is 3.90. The van der Waals surface area contributed by atoms with E-state index < -0.39 is 35.5 Å². The molecule has 2 amide bonds. The molecule has 10 heteroatoms. The van der Waals surface area contributed by atoms with Gasteiger partial charge in [0, 0.05) is 28.8 Å². The van der Waals surface area contributed by atoms with Crippen molar-refractivity contribution in [2.24, 2.45) is 11.8 Å². The van der Waals surface area contributed by atoms with E-state index in [9.17, 15) is 24.4 Å². The molecule has 1 aromatic heterocycles. The maximum Gasteiger partial charge on any atom is 0.328 e. The maximum absolute atomic E-state index is 13.8. The number of amides is 2. The van der Waals surface area contributed by atoms with Gasteiger partial charge in [-0.15, -0.1) is 0 Å². The van der Waals surface area contributed by atoms with E-state index in [1.807, 2.05) is 50.2 Å². The number of hydrogen-bond donors (Lipinski definition) is 2. The molecule has 222 valence electrons. The lowest BCUT2D eigenvalue weighted by Gasteiger charge is -2.18. The zero-order valence-corrected chi connectivity index (χ0v) is 24.5. The summed E-state index contributed by atoms with van der Waals surface area (Å²) >= 11 is 0. The number of para-hydroxylation sites is 2. The number of nitrogens with one attached hydrogen (secondary N) is 2. The summed E-state index contributed by atoms with van der Waals surface area (Å²) < 4.78 is 6.50. The Morgan fingerprint density at radius 3 is 2.32 bits per heavy atom. The number of carbonyl (C=O) groups excluding carboxylic acids is 4. The molecule has 2 atom stereocenters. The lowest BCUT2D eigenvalue weighted by Crippen LogP contribution is -2.42. The molecular weight excluding hydrogens is 558 g/mol. The third-order valence-electron chi connectivity index (χ3n) is 7.40. The number of Topliss-reactive ketones (excluding diaryl/α,β-unsaturated/α-hetero) is 1. The summed E-state index contributed by atoms with van der Waals surface area (Å²) in [6, 6.07) is 24.0. The van der Waals surface area contributed by atoms with Gasteiger partial charge in [0.1, 0.15) is 11.7 Å². The molecule has 5 rings (SSSR count). The van der Waals surface area contributed by atoms with Gasteiger partial charge in [0.15, 0.2) is 5.92 Å². The molecule has 1 unspecified atom stereocenters. The fourth-order valence-electron chi connectivity index (χ4n) is 5.31. The Kier molecular flexibility index (Phi) is 8.67. The number of ketones is 1. The van der Waals surface area contributed by atoms with Crippen LogP contribution in [0.5, 0.6) is 0 Å². The number of anilines is 1. The molecule has 3 aromatic carbocycles. The number of carbonyl (C=O) groups is 4. The SMILES string of the molecule is COC(=O)[C@H](CC(C)C)NC(=O)c1ccc2c(c1)-c1c(c(C(=O)C(C#N)C(=O)Nc3ccccc3)nn1-c1ccccc1)C2. The van der Waals surface area contributed by atoms with E-state index in [1.54, 1.807) is 53.2 Å². The Balaban J connectivity index is 1.53. The number of rotatable bonds is 10. The number of hydrogen-bond acceptors (Lipinski definition) is 7. The summed E-state index contributed by atoms with van der Waals surface area (Å²) in [4.78, 5) is 52.5. The Morgan fingerprint density at radius 1 is 1.00 bits per heavy atom. The van der Waals surface area contributed by atoms with Crippen LogP contribution in [0.3, 0.4) is 0 Å². The van der Waals surface area contributed by atoms with Gasteiger partial charge in [0.25, 0.3) is 5.91 Å². The molecule has 4 aromatic rings. The third-order valence-corrected chi connectivity index (χ3v) is 7.40. The summed E-state index contributed by atoms with van der Waals surface area (Å²) in [6.07, 6.45) is 0.731. The fraction of sp³-hybridized carbons (Fsp3) is 0.235. The van der Waals surface area contributed by atoms with Crippen molar-refractivity contribution >= 4 is 29.3 Å². The Morgan fingerprint density at radius 2 is 1.68 bits per heavy atom. The number of aromatic nitrogens is 2. The average molecular weight is 590 g/mol. The van der Waals surface area contributed by atoms with Crippen molar-refractivity contribution in [1.82, 2.24) is 15.1 Å². The number of methoxy groups -OCH3 is 1. The molecule has 1 aliphatic rings. The van der Waals surface area contributed by atoms with Crippen LogP contribution in [0, 0.1) is 23.2 Å². The molecule has 0 saturated carbocycles. The van der Waals surface area contributed by atoms with Gasteiger partial charge in [-0.05, 0) is 54.3 Å². The van der Waals surface area contributed by atoms with Crippen molar-refractivity contribution in [3.63, 3.8) is 0 Å². The number of nitrogens with zero attached hydrogens (tertiary/aromatic N) is 3. The molecule has 0 aliphatic heterocycles. The largest absolute Gasteiger partial charge is 0.467 e. The van der Waals surface area contributed by atoms with Gasteiger partial charge in [-0.3, -0.25) is 14.4 Å². The molecule has 1 aliphatic carbocycles. The lowest BCUT2D eigenvalue weighted by molar-refractivity contribution is -0.143. The highest BCUT2D eigenvalue weighted by atomic mass is 16.5. The first kappa shape index (κ1) is 29.9. The number of benzene rings is 3. The number of esters is 1. The van der Waals surface area contributed by atoms with Crippen molar-refractivity contribution in [1.29, 1.82) is 5.26 Å². The van der Waals surface area contributed by atoms with Crippen LogP contribution in [0.25, 0.3) is 16.9 Å². The van der Waals surface area contributed by atoms with E-state index in [0.717, 1.165) is 5.56 Å². The molecule has 1 heterocycles. The van der Waals surface area contributed by atoms with Crippen molar-refractivity contribution in [3.05, 3.63) is 101 Å². The van der Waals surface area contributed by atoms with Crippen LogP contribution in [-0.4, -0.2) is 46.5 Å². The molecule has 0 bridgehead atoms. The molecule has 0 radical (unpaired) electrons. The van der Waals surface area contributed by atoms with E-state index >= 15 is 0 Å². The highest BCUT2D eigenvalue weighted by Gasteiger charge is 2.37. The van der Waals surface area contributed by atoms with Gasteiger partial charge in [-0.2, -0.15) is 10.4 Å².